The van der Waals surface area contributed by atoms with Gasteiger partial charge in [0, 0.05) is 24.8 Å². The first-order valence-corrected chi connectivity index (χ1v) is 6.93. The fourth-order valence-electron chi connectivity index (χ4n) is 2.57. The number of aliphatic hydroxyl groups is 1. The molecule has 2 amide bonds. The molecule has 2 N–H and O–H groups in total. The summed E-state index contributed by atoms with van der Waals surface area (Å²) in [6.07, 6.45) is 0.211. The van der Waals surface area contributed by atoms with Crippen LogP contribution >= 0.6 is 0 Å². The summed E-state index contributed by atoms with van der Waals surface area (Å²) in [5, 5.41) is 12.7. The summed E-state index contributed by atoms with van der Waals surface area (Å²) in [7, 11) is 3.95. The zero-order valence-corrected chi connectivity index (χ0v) is 12.3. The van der Waals surface area contributed by atoms with Crippen molar-refractivity contribution in [1.29, 1.82) is 0 Å². The van der Waals surface area contributed by atoms with Crippen molar-refractivity contribution in [3.63, 3.8) is 0 Å². The first-order chi connectivity index (χ1) is 9.45. The number of anilines is 1. The number of aryl methyl sites for hydroxylation is 1. The number of carbonyl (C=O) groups excluding carboxylic acids is 1. The molecule has 20 heavy (non-hydrogen) atoms. The molecule has 110 valence electrons. The molecular weight excluding hydrogens is 254 g/mol. The van der Waals surface area contributed by atoms with E-state index in [2.05, 4.69) is 5.32 Å². The second-order valence-corrected chi connectivity index (χ2v) is 5.75. The van der Waals surface area contributed by atoms with Crippen molar-refractivity contribution < 1.29 is 9.90 Å². The van der Waals surface area contributed by atoms with Gasteiger partial charge in [-0.15, -0.1) is 0 Å². The number of hydrogen-bond donors (Lipinski definition) is 2. The number of β-amino-alcohol motifs (C(OH)–C–C–N with tert-alkyl or cyclic N) is 1. The lowest BCUT2D eigenvalue weighted by Crippen LogP contribution is -2.43. The van der Waals surface area contributed by atoms with E-state index in [9.17, 15) is 9.90 Å². The minimum Gasteiger partial charge on any atom is -0.391 e. The van der Waals surface area contributed by atoms with Crippen LogP contribution in [0.25, 0.3) is 0 Å². The maximum absolute atomic E-state index is 12.3. The molecule has 0 saturated carbocycles. The van der Waals surface area contributed by atoms with Crippen LogP contribution < -0.4 is 5.32 Å². The molecule has 1 aromatic rings. The second kappa shape index (κ2) is 6.24. The van der Waals surface area contributed by atoms with Gasteiger partial charge in [0.1, 0.15) is 0 Å². The Balaban J connectivity index is 2.01. The number of urea groups is 1. The highest BCUT2D eigenvalue weighted by atomic mass is 16.3. The molecule has 1 heterocycles. The molecule has 2 atom stereocenters. The topological polar surface area (TPSA) is 55.8 Å². The van der Waals surface area contributed by atoms with Crippen molar-refractivity contribution in [2.45, 2.75) is 25.5 Å². The van der Waals surface area contributed by atoms with Gasteiger partial charge in [-0.2, -0.15) is 0 Å². The van der Waals surface area contributed by atoms with Gasteiger partial charge in [0.05, 0.1) is 6.10 Å². The maximum atomic E-state index is 12.3. The molecule has 0 radical (unpaired) electrons. The van der Waals surface area contributed by atoms with Gasteiger partial charge in [-0.05, 0) is 39.6 Å². The van der Waals surface area contributed by atoms with E-state index in [4.69, 9.17) is 0 Å². The molecule has 2 rings (SSSR count). The van der Waals surface area contributed by atoms with Crippen molar-refractivity contribution in [2.75, 3.05) is 32.5 Å². The zero-order valence-electron chi connectivity index (χ0n) is 12.3. The van der Waals surface area contributed by atoms with E-state index < -0.39 is 6.10 Å². The van der Waals surface area contributed by atoms with Gasteiger partial charge in [0.25, 0.3) is 0 Å². The van der Waals surface area contributed by atoms with Crippen LogP contribution in [0.15, 0.2) is 24.3 Å². The van der Waals surface area contributed by atoms with E-state index in [0.717, 1.165) is 17.8 Å². The van der Waals surface area contributed by atoms with Crippen molar-refractivity contribution in [3.05, 3.63) is 29.8 Å². The molecule has 1 aliphatic heterocycles. The molecule has 0 spiro atoms. The highest BCUT2D eigenvalue weighted by molar-refractivity contribution is 5.89. The maximum Gasteiger partial charge on any atom is 0.322 e. The Morgan fingerprint density at radius 2 is 2.05 bits per heavy atom. The summed E-state index contributed by atoms with van der Waals surface area (Å²) in [5.74, 6) is 0. The average Bonchev–Trinajstić information content (AvgIpc) is 2.72. The number of benzene rings is 1. The lowest BCUT2D eigenvalue weighted by molar-refractivity contribution is 0.174. The van der Waals surface area contributed by atoms with Gasteiger partial charge in [-0.1, -0.05) is 17.7 Å². The number of carbonyl (C=O) groups is 1. The van der Waals surface area contributed by atoms with E-state index in [1.54, 1.807) is 4.90 Å². The van der Waals surface area contributed by atoms with Gasteiger partial charge in [0.15, 0.2) is 0 Å². The third kappa shape index (κ3) is 3.71. The van der Waals surface area contributed by atoms with Crippen LogP contribution in [0.4, 0.5) is 10.5 Å². The fourth-order valence-corrected chi connectivity index (χ4v) is 2.57. The zero-order chi connectivity index (χ0) is 14.7. The van der Waals surface area contributed by atoms with E-state index in [-0.39, 0.29) is 12.1 Å². The predicted molar refractivity (Wildman–Crippen MR) is 79.9 cm³/mol. The van der Waals surface area contributed by atoms with Crippen molar-refractivity contribution in [3.8, 4) is 0 Å². The van der Waals surface area contributed by atoms with Crippen LogP contribution in [0.1, 0.15) is 12.0 Å². The number of nitrogens with one attached hydrogen (secondary N) is 1. The van der Waals surface area contributed by atoms with Gasteiger partial charge in [-0.25, -0.2) is 4.79 Å². The standard InChI is InChI=1S/C15H23N3O2/c1-11-4-6-12(7-5-11)16-15(20)18-10-14(19)8-13(18)9-17(2)3/h4-7,13-14,19H,8-10H2,1-3H3,(H,16,20). The summed E-state index contributed by atoms with van der Waals surface area (Å²) in [6, 6.07) is 7.63. The number of amides is 2. The number of aliphatic hydroxyl groups excluding tert-OH is 1. The van der Waals surface area contributed by atoms with E-state index in [1.165, 1.54) is 0 Å². The Morgan fingerprint density at radius 3 is 2.65 bits per heavy atom. The molecule has 0 aliphatic carbocycles. The lowest BCUT2D eigenvalue weighted by Gasteiger charge is -2.27. The van der Waals surface area contributed by atoms with Crippen LogP contribution in [0.2, 0.25) is 0 Å². The molecule has 0 aromatic heterocycles. The lowest BCUT2D eigenvalue weighted by atomic mass is 10.2. The number of likely N-dealkylation sites (tertiary alicyclic amines) is 1. The van der Waals surface area contributed by atoms with E-state index >= 15 is 0 Å². The molecule has 2 unspecified atom stereocenters. The van der Waals surface area contributed by atoms with Gasteiger partial charge in [-0.3, -0.25) is 0 Å². The van der Waals surface area contributed by atoms with Crippen LogP contribution in [-0.2, 0) is 0 Å². The van der Waals surface area contributed by atoms with Gasteiger partial charge in [0.2, 0.25) is 0 Å². The minimum atomic E-state index is -0.427. The summed E-state index contributed by atoms with van der Waals surface area (Å²) in [5.41, 5.74) is 1.94. The average molecular weight is 277 g/mol. The second-order valence-electron chi connectivity index (χ2n) is 5.75. The molecule has 1 fully saturated rings. The largest absolute Gasteiger partial charge is 0.391 e. The number of nitrogens with zero attached hydrogens (tertiary/aromatic N) is 2. The quantitative estimate of drug-likeness (QED) is 0.881. The summed E-state index contributed by atoms with van der Waals surface area (Å²) < 4.78 is 0. The van der Waals surface area contributed by atoms with Crippen LogP contribution in [0.5, 0.6) is 0 Å². The predicted octanol–water partition coefficient (Wildman–Crippen LogP) is 1.52. The van der Waals surface area contributed by atoms with Crippen LogP contribution in [-0.4, -0.2) is 60.3 Å². The number of rotatable bonds is 3. The minimum absolute atomic E-state index is 0.0606. The monoisotopic (exact) mass is 277 g/mol. The smallest absolute Gasteiger partial charge is 0.322 e. The third-order valence-corrected chi connectivity index (χ3v) is 3.53. The number of likely N-dealkylation sites (N-methyl/N-ethyl adjacent to an activating group) is 1. The molecular formula is C15H23N3O2. The van der Waals surface area contributed by atoms with Crippen LogP contribution in [0, 0.1) is 6.92 Å². The Bertz CT molecular complexity index is 459. The number of hydrogen-bond acceptors (Lipinski definition) is 3. The molecule has 1 aliphatic rings. The SMILES string of the molecule is Cc1ccc(NC(=O)N2CC(O)CC2CN(C)C)cc1. The molecule has 1 saturated heterocycles. The molecule has 0 bridgehead atoms. The first kappa shape index (κ1) is 14.8. The highest BCUT2D eigenvalue weighted by Gasteiger charge is 2.34. The Kier molecular flexibility index (Phi) is 4.62. The van der Waals surface area contributed by atoms with Crippen molar-refractivity contribution in [2.24, 2.45) is 0 Å². The Hall–Kier alpha value is -1.59. The highest BCUT2D eigenvalue weighted by Crippen LogP contribution is 2.20. The summed E-state index contributed by atoms with van der Waals surface area (Å²) in [6.45, 7) is 3.17. The molecule has 1 aromatic carbocycles. The Morgan fingerprint density at radius 1 is 1.40 bits per heavy atom. The van der Waals surface area contributed by atoms with Crippen LogP contribution in [0.3, 0.4) is 0 Å². The third-order valence-electron chi connectivity index (χ3n) is 3.53. The Labute approximate surface area is 120 Å². The fraction of sp³-hybridized carbons (Fsp3) is 0.533. The normalized spacial score (nSPS) is 22.4. The first-order valence-electron chi connectivity index (χ1n) is 6.93. The summed E-state index contributed by atoms with van der Waals surface area (Å²) >= 11 is 0. The van der Waals surface area contributed by atoms with E-state index in [1.807, 2.05) is 50.2 Å². The van der Waals surface area contributed by atoms with Gasteiger partial charge < -0.3 is 20.2 Å². The van der Waals surface area contributed by atoms with Crippen molar-refractivity contribution in [1.82, 2.24) is 9.80 Å². The molecule has 5 heteroatoms. The summed E-state index contributed by atoms with van der Waals surface area (Å²) in [4.78, 5) is 16.1. The van der Waals surface area contributed by atoms with Gasteiger partial charge >= 0.3 is 6.03 Å². The molecule has 5 nitrogen and oxygen atoms in total. The van der Waals surface area contributed by atoms with E-state index in [0.29, 0.717) is 13.0 Å². The van der Waals surface area contributed by atoms with Crippen molar-refractivity contribution >= 4 is 11.7 Å².